The van der Waals surface area contributed by atoms with Crippen molar-refractivity contribution in [3.05, 3.63) is 53.7 Å². The zero-order chi connectivity index (χ0) is 15.4. The van der Waals surface area contributed by atoms with E-state index in [1.54, 1.807) is 11.3 Å². The lowest BCUT2D eigenvalue weighted by Crippen LogP contribution is -2.23. The summed E-state index contributed by atoms with van der Waals surface area (Å²) in [6.45, 7) is 4.77. The molecule has 0 atom stereocenters. The Balaban J connectivity index is 1.55. The molecule has 0 amide bonds. The summed E-state index contributed by atoms with van der Waals surface area (Å²) < 4.78 is 2.16. The van der Waals surface area contributed by atoms with Gasteiger partial charge in [-0.1, -0.05) is 6.07 Å². The highest BCUT2D eigenvalue weighted by atomic mass is 32.1. The van der Waals surface area contributed by atoms with Crippen molar-refractivity contribution in [2.45, 2.75) is 20.0 Å². The van der Waals surface area contributed by atoms with Crippen molar-refractivity contribution in [2.75, 3.05) is 13.6 Å². The summed E-state index contributed by atoms with van der Waals surface area (Å²) in [5.74, 6) is 1.85. The Morgan fingerprint density at radius 2 is 2.05 bits per heavy atom. The van der Waals surface area contributed by atoms with E-state index >= 15 is 0 Å². The van der Waals surface area contributed by atoms with Crippen LogP contribution in [0.25, 0.3) is 10.7 Å². The fraction of sp³-hybridized carbons (Fsp3) is 0.312. The van der Waals surface area contributed by atoms with Gasteiger partial charge in [0.05, 0.1) is 4.88 Å². The van der Waals surface area contributed by atoms with Crippen LogP contribution in [0.3, 0.4) is 0 Å². The first-order chi connectivity index (χ1) is 10.7. The minimum Gasteiger partial charge on any atom is -0.334 e. The van der Waals surface area contributed by atoms with E-state index in [2.05, 4.69) is 31.5 Å². The molecular formula is C16H19N5S. The third-order valence-corrected chi connectivity index (χ3v) is 4.41. The third-order valence-electron chi connectivity index (χ3n) is 3.55. The molecule has 0 aromatic carbocycles. The fourth-order valence-corrected chi connectivity index (χ4v) is 2.95. The molecule has 114 valence electrons. The number of rotatable bonds is 6. The second-order valence-corrected chi connectivity index (χ2v) is 6.25. The average molecular weight is 313 g/mol. The normalized spacial score (nSPS) is 11.2. The number of thiophene rings is 1. The second-order valence-electron chi connectivity index (χ2n) is 5.30. The summed E-state index contributed by atoms with van der Waals surface area (Å²) in [7, 11) is 2.11. The van der Waals surface area contributed by atoms with Crippen molar-refractivity contribution >= 4 is 11.3 Å². The number of imidazole rings is 1. The Hall–Kier alpha value is -2.05. The van der Waals surface area contributed by atoms with Crippen LogP contribution in [0, 0.1) is 6.92 Å². The zero-order valence-electron chi connectivity index (χ0n) is 12.8. The van der Waals surface area contributed by atoms with Gasteiger partial charge in [-0.05, 0) is 25.4 Å². The molecule has 3 aromatic rings. The first-order valence-electron chi connectivity index (χ1n) is 7.23. The molecule has 0 aliphatic heterocycles. The highest BCUT2D eigenvalue weighted by Crippen LogP contribution is 2.20. The van der Waals surface area contributed by atoms with Crippen LogP contribution in [0.4, 0.5) is 0 Å². The molecule has 6 heteroatoms. The summed E-state index contributed by atoms with van der Waals surface area (Å²) in [5.41, 5.74) is 1.13. The topological polar surface area (TPSA) is 46.8 Å². The Labute approximate surface area is 134 Å². The van der Waals surface area contributed by atoms with Gasteiger partial charge in [0.1, 0.15) is 5.82 Å². The molecule has 3 rings (SSSR count). The van der Waals surface area contributed by atoms with Gasteiger partial charge in [-0.15, -0.1) is 11.3 Å². The zero-order valence-corrected chi connectivity index (χ0v) is 13.6. The molecular weight excluding hydrogens is 294 g/mol. The second kappa shape index (κ2) is 6.81. The van der Waals surface area contributed by atoms with Crippen LogP contribution in [0.1, 0.15) is 11.4 Å². The number of aryl methyl sites for hydroxylation is 1. The van der Waals surface area contributed by atoms with Crippen LogP contribution in [-0.4, -0.2) is 38.0 Å². The molecule has 0 bridgehead atoms. The minimum atomic E-state index is 0.801. The van der Waals surface area contributed by atoms with E-state index in [9.17, 15) is 0 Å². The summed E-state index contributed by atoms with van der Waals surface area (Å²) >= 11 is 1.66. The summed E-state index contributed by atoms with van der Waals surface area (Å²) in [6.07, 6.45) is 7.69. The number of likely N-dealkylation sites (N-methyl/N-ethyl adjacent to an activating group) is 1. The number of nitrogens with zero attached hydrogens (tertiary/aromatic N) is 5. The van der Waals surface area contributed by atoms with Gasteiger partial charge in [0, 0.05) is 50.0 Å². The Morgan fingerprint density at radius 3 is 2.68 bits per heavy atom. The van der Waals surface area contributed by atoms with Crippen LogP contribution in [-0.2, 0) is 13.1 Å². The average Bonchev–Trinajstić information content (AvgIpc) is 3.18. The van der Waals surface area contributed by atoms with Crippen molar-refractivity contribution in [3.8, 4) is 10.7 Å². The minimum absolute atomic E-state index is 0.801. The van der Waals surface area contributed by atoms with Crippen molar-refractivity contribution in [1.29, 1.82) is 0 Å². The van der Waals surface area contributed by atoms with Crippen LogP contribution in [0.15, 0.2) is 42.3 Å². The monoisotopic (exact) mass is 313 g/mol. The maximum Gasteiger partial charge on any atom is 0.169 e. The van der Waals surface area contributed by atoms with E-state index in [-0.39, 0.29) is 0 Å². The van der Waals surface area contributed by atoms with E-state index in [1.165, 1.54) is 0 Å². The quantitative estimate of drug-likeness (QED) is 0.702. The SMILES string of the molecule is Cc1nccn1CCN(C)Cc1cnc(-c2cccs2)nc1. The highest BCUT2D eigenvalue weighted by Gasteiger charge is 2.05. The fourth-order valence-electron chi connectivity index (χ4n) is 2.28. The predicted octanol–water partition coefficient (Wildman–Crippen LogP) is 2.84. The smallest absolute Gasteiger partial charge is 0.169 e. The molecule has 0 saturated carbocycles. The van der Waals surface area contributed by atoms with Crippen LogP contribution < -0.4 is 0 Å². The van der Waals surface area contributed by atoms with E-state index < -0.39 is 0 Å². The van der Waals surface area contributed by atoms with Crippen molar-refractivity contribution in [3.63, 3.8) is 0 Å². The van der Waals surface area contributed by atoms with Gasteiger partial charge in [0.15, 0.2) is 5.82 Å². The van der Waals surface area contributed by atoms with Gasteiger partial charge in [-0.25, -0.2) is 15.0 Å². The van der Waals surface area contributed by atoms with Gasteiger partial charge in [-0.2, -0.15) is 0 Å². The lowest BCUT2D eigenvalue weighted by atomic mass is 10.3. The third kappa shape index (κ3) is 3.58. The molecule has 0 spiro atoms. The molecule has 0 N–H and O–H groups in total. The van der Waals surface area contributed by atoms with E-state index in [1.807, 2.05) is 49.2 Å². The molecule has 0 saturated heterocycles. The lowest BCUT2D eigenvalue weighted by Gasteiger charge is -2.17. The van der Waals surface area contributed by atoms with Crippen LogP contribution in [0.2, 0.25) is 0 Å². The maximum absolute atomic E-state index is 4.46. The molecule has 3 aromatic heterocycles. The van der Waals surface area contributed by atoms with Crippen molar-refractivity contribution in [2.24, 2.45) is 0 Å². The Morgan fingerprint density at radius 1 is 1.23 bits per heavy atom. The van der Waals surface area contributed by atoms with Gasteiger partial charge in [0.2, 0.25) is 0 Å². The molecule has 3 heterocycles. The first kappa shape index (κ1) is 14.9. The van der Waals surface area contributed by atoms with Gasteiger partial charge < -0.3 is 9.47 Å². The van der Waals surface area contributed by atoms with Crippen molar-refractivity contribution in [1.82, 2.24) is 24.4 Å². The number of hydrogen-bond acceptors (Lipinski definition) is 5. The van der Waals surface area contributed by atoms with Crippen molar-refractivity contribution < 1.29 is 0 Å². The molecule has 0 aliphatic carbocycles. The van der Waals surface area contributed by atoms with Gasteiger partial charge in [-0.3, -0.25) is 0 Å². The molecule has 0 aliphatic rings. The number of hydrogen-bond donors (Lipinski definition) is 0. The van der Waals surface area contributed by atoms with E-state index in [0.717, 1.165) is 41.7 Å². The predicted molar refractivity (Wildman–Crippen MR) is 88.6 cm³/mol. The highest BCUT2D eigenvalue weighted by molar-refractivity contribution is 7.13. The lowest BCUT2D eigenvalue weighted by molar-refractivity contribution is 0.309. The van der Waals surface area contributed by atoms with E-state index in [0.29, 0.717) is 0 Å². The van der Waals surface area contributed by atoms with Gasteiger partial charge >= 0.3 is 0 Å². The van der Waals surface area contributed by atoms with Crippen LogP contribution >= 0.6 is 11.3 Å². The summed E-state index contributed by atoms with van der Waals surface area (Å²) in [5, 5.41) is 2.04. The Kier molecular flexibility index (Phi) is 4.60. The van der Waals surface area contributed by atoms with E-state index in [4.69, 9.17) is 0 Å². The van der Waals surface area contributed by atoms with Gasteiger partial charge in [0.25, 0.3) is 0 Å². The maximum atomic E-state index is 4.46. The summed E-state index contributed by atoms with van der Waals surface area (Å²) in [6, 6.07) is 4.06. The molecule has 0 fully saturated rings. The molecule has 0 unspecified atom stereocenters. The summed E-state index contributed by atoms with van der Waals surface area (Å²) in [4.78, 5) is 16.5. The molecule has 22 heavy (non-hydrogen) atoms. The molecule has 5 nitrogen and oxygen atoms in total. The standard InChI is InChI=1S/C16H19N5S/c1-13-17-5-6-21(13)8-7-20(2)12-14-10-18-16(19-11-14)15-4-3-9-22-15/h3-6,9-11H,7-8,12H2,1-2H3. The first-order valence-corrected chi connectivity index (χ1v) is 8.11. The Bertz CT molecular complexity index is 702. The largest absolute Gasteiger partial charge is 0.334 e. The number of aromatic nitrogens is 4. The van der Waals surface area contributed by atoms with Crippen LogP contribution in [0.5, 0.6) is 0 Å². The molecule has 0 radical (unpaired) electrons.